The van der Waals surface area contributed by atoms with Gasteiger partial charge in [-0.15, -0.1) is 10.2 Å². The van der Waals surface area contributed by atoms with E-state index in [-0.39, 0.29) is 11.2 Å². The molecule has 0 radical (unpaired) electrons. The summed E-state index contributed by atoms with van der Waals surface area (Å²) >= 11 is 7.36. The van der Waals surface area contributed by atoms with Crippen molar-refractivity contribution in [2.24, 2.45) is 7.05 Å². The molecule has 0 bridgehead atoms. The zero-order chi connectivity index (χ0) is 19.2. The van der Waals surface area contributed by atoms with Gasteiger partial charge in [0.2, 0.25) is 5.91 Å². The molecular formula is C20H25ClN4OS. The smallest absolute Gasteiger partial charge is 0.233 e. The third kappa shape index (κ3) is 5.36. The number of nitrogens with one attached hydrogen (secondary N) is 1. The Bertz CT molecular complexity index is 816. The predicted molar refractivity (Wildman–Crippen MR) is 111 cm³/mol. The maximum Gasteiger partial charge on any atom is 0.233 e. The van der Waals surface area contributed by atoms with Crippen LogP contribution in [0.4, 0.5) is 0 Å². The summed E-state index contributed by atoms with van der Waals surface area (Å²) in [7, 11) is 1.91. The molecule has 0 saturated heterocycles. The molecule has 2 aromatic rings. The molecule has 7 heteroatoms. The van der Waals surface area contributed by atoms with Gasteiger partial charge in [0.15, 0.2) is 11.0 Å². The van der Waals surface area contributed by atoms with E-state index in [2.05, 4.69) is 21.6 Å². The highest BCUT2D eigenvalue weighted by Crippen LogP contribution is 2.26. The van der Waals surface area contributed by atoms with E-state index in [0.717, 1.165) is 23.0 Å². The molecule has 0 aliphatic heterocycles. The lowest BCUT2D eigenvalue weighted by atomic mass is 9.97. The Morgan fingerprint density at radius 3 is 2.78 bits per heavy atom. The van der Waals surface area contributed by atoms with E-state index in [0.29, 0.717) is 11.6 Å². The number of aromatic nitrogens is 3. The molecule has 0 spiro atoms. The van der Waals surface area contributed by atoms with Crippen LogP contribution in [0.25, 0.3) is 11.4 Å². The van der Waals surface area contributed by atoms with Crippen molar-refractivity contribution >= 4 is 29.3 Å². The van der Waals surface area contributed by atoms with Gasteiger partial charge < -0.3 is 9.88 Å². The molecule has 1 N–H and O–H groups in total. The summed E-state index contributed by atoms with van der Waals surface area (Å²) in [5.41, 5.74) is 2.42. The number of carbonyl (C=O) groups excluding carboxylic acids is 1. The van der Waals surface area contributed by atoms with Gasteiger partial charge >= 0.3 is 0 Å². The Morgan fingerprint density at radius 1 is 1.30 bits per heavy atom. The monoisotopic (exact) mass is 404 g/mol. The van der Waals surface area contributed by atoms with E-state index < -0.39 is 0 Å². The predicted octanol–water partition coefficient (Wildman–Crippen LogP) is 4.62. The van der Waals surface area contributed by atoms with Crippen molar-refractivity contribution in [2.75, 3.05) is 6.54 Å². The summed E-state index contributed by atoms with van der Waals surface area (Å²) in [5.74, 6) is 0.790. The third-order valence-electron chi connectivity index (χ3n) is 4.72. The van der Waals surface area contributed by atoms with Crippen LogP contribution < -0.4 is 5.32 Å². The number of amides is 1. The average molecular weight is 405 g/mol. The quantitative estimate of drug-likeness (QED) is 0.540. The molecule has 0 unspecified atom stereocenters. The number of hydrogen-bond donors (Lipinski definition) is 1. The van der Waals surface area contributed by atoms with Crippen molar-refractivity contribution in [3.63, 3.8) is 0 Å². The largest absolute Gasteiger partial charge is 0.355 e. The second-order valence-electron chi connectivity index (χ2n) is 6.78. The van der Waals surface area contributed by atoms with Crippen molar-refractivity contribution in [3.05, 3.63) is 40.9 Å². The van der Waals surface area contributed by atoms with Crippen LogP contribution in [0, 0.1) is 0 Å². The highest BCUT2D eigenvalue weighted by atomic mass is 35.5. The molecule has 1 aliphatic rings. The second-order valence-corrected chi connectivity index (χ2v) is 8.53. The fourth-order valence-electron chi connectivity index (χ4n) is 3.10. The first-order valence-corrected chi connectivity index (χ1v) is 10.6. The number of hydrogen-bond acceptors (Lipinski definition) is 4. The lowest BCUT2D eigenvalue weighted by Crippen LogP contribution is -2.32. The highest BCUT2D eigenvalue weighted by Gasteiger charge is 2.19. The van der Waals surface area contributed by atoms with Crippen LogP contribution in [0.1, 0.15) is 39.0 Å². The molecule has 3 rings (SSSR count). The minimum absolute atomic E-state index is 0.0347. The number of allylic oxidation sites excluding steroid dienone is 1. The van der Waals surface area contributed by atoms with Gasteiger partial charge in [0.05, 0.1) is 5.25 Å². The molecule has 1 atom stereocenters. The Morgan fingerprint density at radius 2 is 2.07 bits per heavy atom. The van der Waals surface area contributed by atoms with Crippen LogP contribution in [-0.4, -0.2) is 32.5 Å². The van der Waals surface area contributed by atoms with E-state index >= 15 is 0 Å². The van der Waals surface area contributed by atoms with Crippen molar-refractivity contribution in [1.29, 1.82) is 0 Å². The van der Waals surface area contributed by atoms with Gasteiger partial charge in [0, 0.05) is 24.2 Å². The van der Waals surface area contributed by atoms with E-state index in [1.807, 2.05) is 42.8 Å². The maximum absolute atomic E-state index is 12.4. The van der Waals surface area contributed by atoms with Gasteiger partial charge in [0.1, 0.15) is 0 Å². The van der Waals surface area contributed by atoms with Gasteiger partial charge in [-0.25, -0.2) is 0 Å². The number of halogens is 1. The Kier molecular flexibility index (Phi) is 6.96. The third-order valence-corrected chi connectivity index (χ3v) is 6.11. The molecule has 1 amide bonds. The van der Waals surface area contributed by atoms with Crippen molar-refractivity contribution in [2.45, 2.75) is 49.4 Å². The van der Waals surface area contributed by atoms with Crippen molar-refractivity contribution < 1.29 is 4.79 Å². The second kappa shape index (κ2) is 9.42. The standard InChI is InChI=1S/C20H25ClN4OS/c1-14(19(26)22-13-12-15-6-4-3-5-7-15)27-20-24-23-18(25(20)2)16-8-10-17(21)11-9-16/h6,8-11,14H,3-5,7,12-13H2,1-2H3,(H,22,26)/t14-/m1/s1. The van der Waals surface area contributed by atoms with E-state index in [1.54, 1.807) is 0 Å². The molecule has 5 nitrogen and oxygen atoms in total. The fraction of sp³-hybridized carbons (Fsp3) is 0.450. The summed E-state index contributed by atoms with van der Waals surface area (Å²) in [6.07, 6.45) is 8.19. The summed E-state index contributed by atoms with van der Waals surface area (Å²) in [6, 6.07) is 7.49. The van der Waals surface area contributed by atoms with Gasteiger partial charge in [-0.3, -0.25) is 4.79 Å². The molecular weight excluding hydrogens is 380 g/mol. The minimum Gasteiger partial charge on any atom is -0.355 e. The minimum atomic E-state index is -0.230. The van der Waals surface area contributed by atoms with Gasteiger partial charge in [-0.1, -0.05) is 35.0 Å². The first kappa shape index (κ1) is 20.0. The summed E-state index contributed by atoms with van der Waals surface area (Å²) in [6.45, 7) is 2.60. The van der Waals surface area contributed by atoms with Crippen molar-refractivity contribution in [1.82, 2.24) is 20.1 Å². The van der Waals surface area contributed by atoms with Gasteiger partial charge in [-0.05, 0) is 63.3 Å². The van der Waals surface area contributed by atoms with E-state index in [9.17, 15) is 4.79 Å². The van der Waals surface area contributed by atoms with Crippen molar-refractivity contribution in [3.8, 4) is 11.4 Å². The molecule has 1 aromatic heterocycles. The molecule has 1 aliphatic carbocycles. The van der Waals surface area contributed by atoms with E-state index in [4.69, 9.17) is 11.6 Å². The first-order chi connectivity index (χ1) is 13.0. The number of carbonyl (C=O) groups is 1. The zero-order valence-corrected chi connectivity index (χ0v) is 17.3. The van der Waals surface area contributed by atoms with Crippen LogP contribution >= 0.6 is 23.4 Å². The molecule has 1 heterocycles. The van der Waals surface area contributed by atoms with Crippen LogP contribution in [0.2, 0.25) is 5.02 Å². The van der Waals surface area contributed by atoms with Crippen LogP contribution in [0.5, 0.6) is 0 Å². The zero-order valence-electron chi connectivity index (χ0n) is 15.7. The van der Waals surface area contributed by atoms with Crippen LogP contribution in [0.3, 0.4) is 0 Å². The SMILES string of the molecule is C[C@@H](Sc1nnc(-c2ccc(Cl)cc2)n1C)C(=O)NCCC1=CCCCC1. The van der Waals surface area contributed by atoms with Crippen LogP contribution in [-0.2, 0) is 11.8 Å². The van der Waals surface area contributed by atoms with Gasteiger partial charge in [-0.2, -0.15) is 0 Å². The topological polar surface area (TPSA) is 59.8 Å². The Labute approximate surface area is 169 Å². The summed E-state index contributed by atoms with van der Waals surface area (Å²) in [5, 5.41) is 12.7. The number of rotatable bonds is 7. The maximum atomic E-state index is 12.4. The molecule has 144 valence electrons. The number of thioether (sulfide) groups is 1. The molecule has 0 saturated carbocycles. The normalized spacial score (nSPS) is 15.3. The molecule has 0 fully saturated rings. The lowest BCUT2D eigenvalue weighted by molar-refractivity contribution is -0.120. The first-order valence-electron chi connectivity index (χ1n) is 9.32. The number of nitrogens with zero attached hydrogens (tertiary/aromatic N) is 3. The summed E-state index contributed by atoms with van der Waals surface area (Å²) < 4.78 is 1.91. The number of benzene rings is 1. The molecule has 1 aromatic carbocycles. The molecule has 27 heavy (non-hydrogen) atoms. The van der Waals surface area contributed by atoms with E-state index in [1.165, 1.54) is 43.0 Å². The highest BCUT2D eigenvalue weighted by molar-refractivity contribution is 8.00. The Balaban J connectivity index is 1.54. The lowest BCUT2D eigenvalue weighted by Gasteiger charge is -2.14. The summed E-state index contributed by atoms with van der Waals surface area (Å²) in [4.78, 5) is 12.4. The fourth-order valence-corrected chi connectivity index (χ4v) is 4.07. The van der Waals surface area contributed by atoms with Gasteiger partial charge in [0.25, 0.3) is 0 Å². The van der Waals surface area contributed by atoms with Crippen LogP contribution in [0.15, 0.2) is 41.1 Å². The Hall–Kier alpha value is -1.79. The average Bonchev–Trinajstić information content (AvgIpc) is 3.03.